The quantitative estimate of drug-likeness (QED) is 0.535. The van der Waals surface area contributed by atoms with Gasteiger partial charge in [-0.05, 0) is 29.8 Å². The zero-order valence-electron chi connectivity index (χ0n) is 12.8. The van der Waals surface area contributed by atoms with Crippen molar-refractivity contribution in [2.45, 2.75) is 19.8 Å². The molecule has 1 heterocycles. The van der Waals surface area contributed by atoms with Gasteiger partial charge in [-0.3, -0.25) is 4.79 Å². The number of rotatable bonds is 2. The number of nitrogen functional groups attached to an aromatic ring is 1. The smallest absolute Gasteiger partial charge is 0.200 e. The van der Waals surface area contributed by atoms with Crippen LogP contribution in [0, 0.1) is 0 Å². The molecule has 0 aliphatic heterocycles. The lowest BCUT2D eigenvalue weighted by Crippen LogP contribution is -2.11. The average molecular weight is 330 g/mol. The van der Waals surface area contributed by atoms with E-state index in [1.54, 1.807) is 24.3 Å². The molecule has 2 aromatic carbocycles. The molecule has 1 aromatic heterocycles. The first-order valence-electron chi connectivity index (χ1n) is 7.24. The standard InChI is InChI=1S/C18H16ClNO3/c1-9(2)17-14(10-3-5-11(19)6-4-10)16(22)12-7-8-13(21)15(20)18(12)23-17/h3-9,21H,20H2,1-2H3. The fourth-order valence-corrected chi connectivity index (χ4v) is 2.71. The average Bonchev–Trinajstić information content (AvgIpc) is 2.52. The van der Waals surface area contributed by atoms with Crippen molar-refractivity contribution in [2.24, 2.45) is 0 Å². The van der Waals surface area contributed by atoms with Gasteiger partial charge in [0.1, 0.15) is 17.2 Å². The zero-order valence-corrected chi connectivity index (χ0v) is 13.5. The van der Waals surface area contributed by atoms with Crippen molar-refractivity contribution >= 4 is 28.3 Å². The third-order valence-electron chi connectivity index (χ3n) is 3.76. The molecule has 0 saturated carbocycles. The summed E-state index contributed by atoms with van der Waals surface area (Å²) in [4.78, 5) is 13.0. The van der Waals surface area contributed by atoms with Crippen molar-refractivity contribution in [3.05, 3.63) is 57.4 Å². The second kappa shape index (κ2) is 5.63. The van der Waals surface area contributed by atoms with Crippen LogP contribution in [-0.2, 0) is 0 Å². The molecule has 3 aromatic rings. The molecule has 0 radical (unpaired) electrons. The fourth-order valence-electron chi connectivity index (χ4n) is 2.58. The lowest BCUT2D eigenvalue weighted by atomic mass is 9.97. The first kappa shape index (κ1) is 15.4. The Hall–Kier alpha value is -2.46. The summed E-state index contributed by atoms with van der Waals surface area (Å²) < 4.78 is 5.91. The number of fused-ring (bicyclic) bond motifs is 1. The van der Waals surface area contributed by atoms with Crippen LogP contribution in [0.5, 0.6) is 5.75 Å². The topological polar surface area (TPSA) is 76.5 Å². The Labute approximate surface area is 138 Å². The third kappa shape index (κ3) is 2.55. The van der Waals surface area contributed by atoms with Crippen LogP contribution in [0.4, 0.5) is 5.69 Å². The highest BCUT2D eigenvalue weighted by Gasteiger charge is 2.20. The van der Waals surface area contributed by atoms with Crippen molar-refractivity contribution in [1.29, 1.82) is 0 Å². The van der Waals surface area contributed by atoms with E-state index in [9.17, 15) is 9.90 Å². The minimum Gasteiger partial charge on any atom is -0.506 e. The van der Waals surface area contributed by atoms with Gasteiger partial charge in [0.25, 0.3) is 0 Å². The number of phenolic OH excluding ortho intramolecular Hbond substituents is 1. The SMILES string of the molecule is CC(C)c1oc2c(N)c(O)ccc2c(=O)c1-c1ccc(Cl)cc1. The highest BCUT2D eigenvalue weighted by atomic mass is 35.5. The Morgan fingerprint density at radius 3 is 2.39 bits per heavy atom. The highest BCUT2D eigenvalue weighted by Crippen LogP contribution is 2.34. The van der Waals surface area contributed by atoms with Gasteiger partial charge in [-0.15, -0.1) is 0 Å². The summed E-state index contributed by atoms with van der Waals surface area (Å²) in [5, 5.41) is 10.7. The second-order valence-electron chi connectivity index (χ2n) is 5.71. The van der Waals surface area contributed by atoms with Gasteiger partial charge in [0.15, 0.2) is 5.58 Å². The lowest BCUT2D eigenvalue weighted by Gasteiger charge is -2.14. The maximum Gasteiger partial charge on any atom is 0.200 e. The van der Waals surface area contributed by atoms with E-state index in [1.807, 2.05) is 13.8 Å². The molecule has 3 N–H and O–H groups in total. The van der Waals surface area contributed by atoms with Crippen LogP contribution < -0.4 is 11.2 Å². The van der Waals surface area contributed by atoms with Gasteiger partial charge in [0, 0.05) is 10.9 Å². The van der Waals surface area contributed by atoms with Crippen molar-refractivity contribution in [3.8, 4) is 16.9 Å². The zero-order chi connectivity index (χ0) is 16.7. The lowest BCUT2D eigenvalue weighted by molar-refractivity contribution is 0.474. The molecular formula is C18H16ClNO3. The molecule has 0 spiro atoms. The summed E-state index contributed by atoms with van der Waals surface area (Å²) in [5.41, 5.74) is 7.21. The molecule has 0 aliphatic rings. The van der Waals surface area contributed by atoms with Crippen LogP contribution in [0.3, 0.4) is 0 Å². The normalized spacial score (nSPS) is 11.3. The number of nitrogens with two attached hydrogens (primary N) is 1. The van der Waals surface area contributed by atoms with Crippen LogP contribution in [0.2, 0.25) is 5.02 Å². The van der Waals surface area contributed by atoms with Crippen LogP contribution in [0.25, 0.3) is 22.1 Å². The summed E-state index contributed by atoms with van der Waals surface area (Å²) in [7, 11) is 0. The Bertz CT molecular complexity index is 943. The molecule has 5 heteroatoms. The molecule has 118 valence electrons. The second-order valence-corrected chi connectivity index (χ2v) is 6.14. The van der Waals surface area contributed by atoms with Crippen LogP contribution in [-0.4, -0.2) is 5.11 Å². The number of hydrogen-bond acceptors (Lipinski definition) is 4. The molecule has 0 fully saturated rings. The molecule has 0 bridgehead atoms. The number of hydrogen-bond donors (Lipinski definition) is 2. The van der Waals surface area contributed by atoms with Crippen LogP contribution in [0.15, 0.2) is 45.6 Å². The van der Waals surface area contributed by atoms with E-state index in [0.717, 1.165) is 5.56 Å². The molecule has 0 saturated heterocycles. The van der Waals surface area contributed by atoms with Crippen molar-refractivity contribution in [1.82, 2.24) is 0 Å². The molecule has 23 heavy (non-hydrogen) atoms. The number of benzene rings is 2. The summed E-state index contributed by atoms with van der Waals surface area (Å²) >= 11 is 5.93. The Kier molecular flexibility index (Phi) is 3.78. The van der Waals surface area contributed by atoms with Crippen molar-refractivity contribution in [3.63, 3.8) is 0 Å². The minimum atomic E-state index is -0.177. The number of halogens is 1. The number of anilines is 1. The summed E-state index contributed by atoms with van der Waals surface area (Å²) in [5.74, 6) is 0.399. The molecule has 0 aliphatic carbocycles. The summed E-state index contributed by atoms with van der Waals surface area (Å²) in [6.07, 6.45) is 0. The Morgan fingerprint density at radius 1 is 1.13 bits per heavy atom. The first-order valence-corrected chi connectivity index (χ1v) is 7.62. The predicted octanol–water partition coefficient (Wildman–Crippen LogP) is 4.52. The van der Waals surface area contributed by atoms with Gasteiger partial charge in [-0.2, -0.15) is 0 Å². The maximum atomic E-state index is 13.0. The van der Waals surface area contributed by atoms with Crippen LogP contribution >= 0.6 is 11.6 Å². The monoisotopic (exact) mass is 329 g/mol. The van der Waals surface area contributed by atoms with Gasteiger partial charge < -0.3 is 15.3 Å². The van der Waals surface area contributed by atoms with Gasteiger partial charge >= 0.3 is 0 Å². The largest absolute Gasteiger partial charge is 0.506 e. The van der Waals surface area contributed by atoms with Crippen molar-refractivity contribution < 1.29 is 9.52 Å². The van der Waals surface area contributed by atoms with E-state index in [0.29, 0.717) is 21.7 Å². The molecule has 4 nitrogen and oxygen atoms in total. The van der Waals surface area contributed by atoms with E-state index < -0.39 is 0 Å². The van der Waals surface area contributed by atoms with Crippen LogP contribution in [0.1, 0.15) is 25.5 Å². The minimum absolute atomic E-state index is 0.0282. The maximum absolute atomic E-state index is 13.0. The predicted molar refractivity (Wildman–Crippen MR) is 93.1 cm³/mol. The fraction of sp³-hybridized carbons (Fsp3) is 0.167. The Balaban J connectivity index is 2.43. The molecular weight excluding hydrogens is 314 g/mol. The summed E-state index contributed by atoms with van der Waals surface area (Å²) in [6, 6.07) is 9.96. The van der Waals surface area contributed by atoms with Gasteiger partial charge in [-0.1, -0.05) is 37.6 Å². The molecule has 0 amide bonds. The first-order chi connectivity index (χ1) is 10.9. The van der Waals surface area contributed by atoms with Crippen molar-refractivity contribution in [2.75, 3.05) is 5.73 Å². The third-order valence-corrected chi connectivity index (χ3v) is 4.01. The Morgan fingerprint density at radius 2 is 1.78 bits per heavy atom. The van der Waals surface area contributed by atoms with E-state index in [4.69, 9.17) is 21.8 Å². The van der Waals surface area contributed by atoms with E-state index in [-0.39, 0.29) is 28.4 Å². The van der Waals surface area contributed by atoms with Gasteiger partial charge in [0.05, 0.1) is 10.9 Å². The van der Waals surface area contributed by atoms with Gasteiger partial charge in [0.2, 0.25) is 5.43 Å². The highest BCUT2D eigenvalue weighted by molar-refractivity contribution is 6.30. The van der Waals surface area contributed by atoms with E-state index in [2.05, 4.69) is 0 Å². The molecule has 3 rings (SSSR count). The van der Waals surface area contributed by atoms with E-state index >= 15 is 0 Å². The summed E-state index contributed by atoms with van der Waals surface area (Å²) in [6.45, 7) is 3.87. The number of phenols is 1. The van der Waals surface area contributed by atoms with Gasteiger partial charge in [-0.25, -0.2) is 0 Å². The molecule has 0 unspecified atom stereocenters. The number of aromatic hydroxyl groups is 1. The molecule has 0 atom stereocenters. The van der Waals surface area contributed by atoms with E-state index in [1.165, 1.54) is 12.1 Å².